The van der Waals surface area contributed by atoms with E-state index in [1.807, 2.05) is 41.0 Å². The number of carbonyl (C=O) groups excluding carboxylic acids is 2. The molecule has 1 atom stereocenters. The average molecular weight is 340 g/mol. The molecule has 1 aromatic rings. The van der Waals surface area contributed by atoms with Gasteiger partial charge in [-0.2, -0.15) is 0 Å². The second-order valence-corrected chi connectivity index (χ2v) is 7.45. The monoisotopic (exact) mass is 340 g/mol. The van der Waals surface area contributed by atoms with E-state index in [0.29, 0.717) is 25.9 Å². The quantitative estimate of drug-likeness (QED) is 0.790. The van der Waals surface area contributed by atoms with Gasteiger partial charge in [-0.25, -0.2) is 0 Å². The van der Waals surface area contributed by atoms with Gasteiger partial charge in [0.25, 0.3) is 0 Å². The summed E-state index contributed by atoms with van der Waals surface area (Å²) in [6, 6.07) is 8.15. The van der Waals surface area contributed by atoms with Crippen molar-refractivity contribution in [1.82, 2.24) is 9.80 Å². The number of piperidine rings is 2. The SMILES string of the molecule is C=CCN1C(=O)CCC[C@@]12CCCN(C(=O)Cc1ccc(C)cc1)C2. The van der Waals surface area contributed by atoms with Gasteiger partial charge in [0.2, 0.25) is 11.8 Å². The molecule has 2 fully saturated rings. The van der Waals surface area contributed by atoms with E-state index < -0.39 is 0 Å². The largest absolute Gasteiger partial charge is 0.340 e. The van der Waals surface area contributed by atoms with Gasteiger partial charge in [0.05, 0.1) is 12.0 Å². The van der Waals surface area contributed by atoms with Crippen LogP contribution >= 0.6 is 0 Å². The first-order valence-electron chi connectivity index (χ1n) is 9.29. The number of carbonyl (C=O) groups is 2. The molecule has 2 amide bonds. The van der Waals surface area contributed by atoms with Crippen molar-refractivity contribution < 1.29 is 9.59 Å². The Kier molecular flexibility index (Phi) is 5.26. The number of hydrogen-bond acceptors (Lipinski definition) is 2. The molecule has 0 bridgehead atoms. The van der Waals surface area contributed by atoms with Crippen LogP contribution in [0, 0.1) is 6.92 Å². The zero-order valence-electron chi connectivity index (χ0n) is 15.2. The normalized spacial score (nSPS) is 23.8. The third-order valence-electron chi connectivity index (χ3n) is 5.60. The fraction of sp³-hybridized carbons (Fsp3) is 0.524. The standard InChI is InChI=1S/C21H28N2O2/c1-3-13-23-19(24)6-4-11-21(23)12-5-14-22(16-21)20(25)15-18-9-7-17(2)8-10-18/h3,7-10H,1,4-6,11-16H2,2H3/t21-/m0/s1. The molecular weight excluding hydrogens is 312 g/mol. The number of aryl methyl sites for hydroxylation is 1. The van der Waals surface area contributed by atoms with Crippen LogP contribution in [0.2, 0.25) is 0 Å². The van der Waals surface area contributed by atoms with Gasteiger partial charge in [0, 0.05) is 26.1 Å². The molecule has 2 aliphatic rings. The number of rotatable bonds is 4. The van der Waals surface area contributed by atoms with Crippen molar-refractivity contribution in [3.8, 4) is 0 Å². The second kappa shape index (κ2) is 7.42. The van der Waals surface area contributed by atoms with Gasteiger partial charge in [-0.15, -0.1) is 6.58 Å². The number of amides is 2. The Balaban J connectivity index is 1.73. The molecular formula is C21H28N2O2. The van der Waals surface area contributed by atoms with E-state index in [4.69, 9.17) is 0 Å². The maximum atomic E-state index is 12.8. The first kappa shape index (κ1) is 17.7. The van der Waals surface area contributed by atoms with Gasteiger partial charge in [-0.3, -0.25) is 9.59 Å². The second-order valence-electron chi connectivity index (χ2n) is 7.45. The molecule has 134 valence electrons. The number of nitrogens with zero attached hydrogens (tertiary/aromatic N) is 2. The Bertz CT molecular complexity index is 648. The third-order valence-corrected chi connectivity index (χ3v) is 5.60. The molecule has 0 aromatic heterocycles. The molecule has 0 radical (unpaired) electrons. The van der Waals surface area contributed by atoms with Gasteiger partial charge in [-0.05, 0) is 38.2 Å². The van der Waals surface area contributed by atoms with Crippen molar-refractivity contribution in [1.29, 1.82) is 0 Å². The smallest absolute Gasteiger partial charge is 0.227 e. The van der Waals surface area contributed by atoms with E-state index in [0.717, 1.165) is 37.8 Å². The van der Waals surface area contributed by atoms with E-state index in [-0.39, 0.29) is 17.4 Å². The highest BCUT2D eigenvalue weighted by molar-refractivity contribution is 5.80. The summed E-state index contributed by atoms with van der Waals surface area (Å²) in [5, 5.41) is 0. The minimum atomic E-state index is -0.190. The maximum Gasteiger partial charge on any atom is 0.227 e. The number of benzene rings is 1. The van der Waals surface area contributed by atoms with Crippen LogP contribution in [0.3, 0.4) is 0 Å². The first-order valence-corrected chi connectivity index (χ1v) is 9.29. The van der Waals surface area contributed by atoms with E-state index in [2.05, 4.69) is 6.58 Å². The van der Waals surface area contributed by atoms with Gasteiger partial charge in [-0.1, -0.05) is 35.9 Å². The maximum absolute atomic E-state index is 12.8. The summed E-state index contributed by atoms with van der Waals surface area (Å²) in [4.78, 5) is 29.2. The average Bonchev–Trinajstić information content (AvgIpc) is 2.61. The van der Waals surface area contributed by atoms with E-state index in [1.54, 1.807) is 6.08 Å². The predicted octanol–water partition coefficient (Wildman–Crippen LogP) is 3.10. The van der Waals surface area contributed by atoms with Gasteiger partial charge in [0.1, 0.15) is 0 Å². The molecule has 0 saturated carbocycles. The molecule has 1 aromatic carbocycles. The summed E-state index contributed by atoms with van der Waals surface area (Å²) in [6.45, 7) is 7.90. The minimum Gasteiger partial charge on any atom is -0.340 e. The fourth-order valence-electron chi connectivity index (χ4n) is 4.27. The molecule has 1 spiro atoms. The van der Waals surface area contributed by atoms with Crippen molar-refractivity contribution in [2.24, 2.45) is 0 Å². The van der Waals surface area contributed by atoms with Crippen molar-refractivity contribution in [3.05, 3.63) is 48.0 Å². The van der Waals surface area contributed by atoms with Crippen LogP contribution in [-0.2, 0) is 16.0 Å². The van der Waals surface area contributed by atoms with Crippen LogP contribution in [0.4, 0.5) is 0 Å². The zero-order valence-corrected chi connectivity index (χ0v) is 15.2. The summed E-state index contributed by atoms with van der Waals surface area (Å²) in [5.41, 5.74) is 2.07. The van der Waals surface area contributed by atoms with Crippen LogP contribution in [0.15, 0.2) is 36.9 Å². The van der Waals surface area contributed by atoms with Crippen LogP contribution in [0.5, 0.6) is 0 Å². The van der Waals surface area contributed by atoms with Crippen molar-refractivity contribution in [3.63, 3.8) is 0 Å². The van der Waals surface area contributed by atoms with E-state index in [9.17, 15) is 9.59 Å². The third kappa shape index (κ3) is 3.78. The molecule has 2 saturated heterocycles. The van der Waals surface area contributed by atoms with Crippen LogP contribution in [0.1, 0.15) is 43.2 Å². The summed E-state index contributed by atoms with van der Waals surface area (Å²) < 4.78 is 0. The molecule has 4 heteroatoms. The lowest BCUT2D eigenvalue weighted by atomic mass is 9.79. The zero-order chi connectivity index (χ0) is 17.9. The summed E-state index contributed by atoms with van der Waals surface area (Å²) in [7, 11) is 0. The topological polar surface area (TPSA) is 40.6 Å². The van der Waals surface area contributed by atoms with E-state index in [1.165, 1.54) is 5.56 Å². The van der Waals surface area contributed by atoms with E-state index >= 15 is 0 Å². The molecule has 0 N–H and O–H groups in total. The number of hydrogen-bond donors (Lipinski definition) is 0. The van der Waals surface area contributed by atoms with Crippen molar-refractivity contribution in [2.45, 2.75) is 51.0 Å². The molecule has 3 rings (SSSR count). The van der Waals surface area contributed by atoms with Gasteiger partial charge < -0.3 is 9.80 Å². The highest BCUT2D eigenvalue weighted by atomic mass is 16.2. The predicted molar refractivity (Wildman–Crippen MR) is 99.2 cm³/mol. The lowest BCUT2D eigenvalue weighted by molar-refractivity contribution is -0.149. The first-order chi connectivity index (χ1) is 12.0. The molecule has 2 heterocycles. The molecule has 2 aliphatic heterocycles. The van der Waals surface area contributed by atoms with Crippen LogP contribution < -0.4 is 0 Å². The summed E-state index contributed by atoms with van der Waals surface area (Å²) in [5.74, 6) is 0.374. The highest BCUT2D eigenvalue weighted by Crippen LogP contribution is 2.36. The molecule has 0 unspecified atom stereocenters. The number of likely N-dealkylation sites (tertiary alicyclic amines) is 2. The Hall–Kier alpha value is -2.10. The van der Waals surface area contributed by atoms with Gasteiger partial charge >= 0.3 is 0 Å². The summed E-state index contributed by atoms with van der Waals surface area (Å²) >= 11 is 0. The fourth-order valence-corrected chi connectivity index (χ4v) is 4.27. The lowest BCUT2D eigenvalue weighted by Crippen LogP contribution is -2.63. The highest BCUT2D eigenvalue weighted by Gasteiger charge is 2.45. The Morgan fingerprint density at radius 3 is 2.68 bits per heavy atom. The molecule has 4 nitrogen and oxygen atoms in total. The Labute approximate surface area is 150 Å². The van der Waals surface area contributed by atoms with Crippen molar-refractivity contribution >= 4 is 11.8 Å². The summed E-state index contributed by atoms with van der Waals surface area (Å²) in [6.07, 6.45) is 6.71. The van der Waals surface area contributed by atoms with Crippen molar-refractivity contribution in [2.75, 3.05) is 19.6 Å². The lowest BCUT2D eigenvalue weighted by Gasteiger charge is -2.52. The molecule has 25 heavy (non-hydrogen) atoms. The molecule has 0 aliphatic carbocycles. The van der Waals surface area contributed by atoms with Crippen LogP contribution in [0.25, 0.3) is 0 Å². The minimum absolute atomic E-state index is 0.166. The van der Waals surface area contributed by atoms with Crippen LogP contribution in [-0.4, -0.2) is 46.8 Å². The Morgan fingerprint density at radius 2 is 1.96 bits per heavy atom. The van der Waals surface area contributed by atoms with Gasteiger partial charge in [0.15, 0.2) is 0 Å². The Morgan fingerprint density at radius 1 is 1.24 bits per heavy atom.